The highest BCUT2D eigenvalue weighted by molar-refractivity contribution is 5.95. The van der Waals surface area contributed by atoms with Gasteiger partial charge in [-0.25, -0.2) is 4.39 Å². The first-order valence-electron chi connectivity index (χ1n) is 6.97. The van der Waals surface area contributed by atoms with E-state index in [4.69, 9.17) is 0 Å². The van der Waals surface area contributed by atoms with Gasteiger partial charge in [0.1, 0.15) is 5.82 Å². The van der Waals surface area contributed by atoms with Crippen molar-refractivity contribution in [2.24, 2.45) is 0 Å². The second-order valence-corrected chi connectivity index (χ2v) is 4.88. The zero-order valence-electron chi connectivity index (χ0n) is 12.2. The molecule has 0 fully saturated rings. The molecule has 1 amide bonds. The second-order valence-electron chi connectivity index (χ2n) is 4.88. The summed E-state index contributed by atoms with van der Waals surface area (Å²) in [5, 5.41) is 6.01. The van der Waals surface area contributed by atoms with E-state index in [-0.39, 0.29) is 11.7 Å². The summed E-state index contributed by atoms with van der Waals surface area (Å²) in [6, 6.07) is 12.4. The van der Waals surface area contributed by atoms with Crippen molar-refractivity contribution < 1.29 is 9.18 Å². The molecule has 110 valence electrons. The molecule has 0 heterocycles. The molecular formula is C17H19FN2O. The molecule has 3 nitrogen and oxygen atoms in total. The van der Waals surface area contributed by atoms with Crippen LogP contribution in [-0.2, 0) is 6.54 Å². The molecule has 0 aliphatic rings. The van der Waals surface area contributed by atoms with E-state index in [1.54, 1.807) is 25.1 Å². The fraction of sp³-hybridized carbons (Fsp3) is 0.235. The molecular weight excluding hydrogens is 267 g/mol. The van der Waals surface area contributed by atoms with Crippen molar-refractivity contribution >= 4 is 11.6 Å². The average molecular weight is 286 g/mol. The molecule has 4 heteroatoms. The molecule has 0 saturated heterocycles. The van der Waals surface area contributed by atoms with Crippen LogP contribution >= 0.6 is 0 Å². The summed E-state index contributed by atoms with van der Waals surface area (Å²) < 4.78 is 13.2. The average Bonchev–Trinajstić information content (AvgIpc) is 2.49. The lowest BCUT2D eigenvalue weighted by Gasteiger charge is -2.09. The largest absolute Gasteiger partial charge is 0.381 e. The third-order valence-electron chi connectivity index (χ3n) is 3.18. The van der Waals surface area contributed by atoms with Crippen LogP contribution in [0.25, 0.3) is 0 Å². The second kappa shape index (κ2) is 6.88. The van der Waals surface area contributed by atoms with Gasteiger partial charge in [0.25, 0.3) is 5.91 Å². The summed E-state index contributed by atoms with van der Waals surface area (Å²) >= 11 is 0. The molecule has 0 unspecified atom stereocenters. The minimum absolute atomic E-state index is 0.0845. The van der Waals surface area contributed by atoms with Gasteiger partial charge in [-0.1, -0.05) is 18.2 Å². The highest BCUT2D eigenvalue weighted by atomic mass is 19.1. The quantitative estimate of drug-likeness (QED) is 0.883. The Balaban J connectivity index is 2.04. The highest BCUT2D eigenvalue weighted by Gasteiger charge is 2.05. The van der Waals surface area contributed by atoms with E-state index in [0.29, 0.717) is 24.2 Å². The van der Waals surface area contributed by atoms with Crippen LogP contribution in [0.5, 0.6) is 0 Å². The molecule has 21 heavy (non-hydrogen) atoms. The minimum Gasteiger partial charge on any atom is -0.381 e. The van der Waals surface area contributed by atoms with Crippen LogP contribution in [0.1, 0.15) is 28.4 Å². The number of carbonyl (C=O) groups excluding carboxylic acids is 1. The number of hydrogen-bond acceptors (Lipinski definition) is 2. The first-order valence-corrected chi connectivity index (χ1v) is 6.97. The van der Waals surface area contributed by atoms with Crippen LogP contribution in [0.15, 0.2) is 42.5 Å². The summed E-state index contributed by atoms with van der Waals surface area (Å²) in [4.78, 5) is 11.8. The maximum atomic E-state index is 13.2. The summed E-state index contributed by atoms with van der Waals surface area (Å²) in [5.74, 6) is -0.282. The van der Waals surface area contributed by atoms with Crippen LogP contribution in [0, 0.1) is 12.7 Å². The van der Waals surface area contributed by atoms with Gasteiger partial charge in [-0.3, -0.25) is 4.79 Å². The van der Waals surface area contributed by atoms with Crippen molar-refractivity contribution in [3.8, 4) is 0 Å². The lowest BCUT2D eigenvalue weighted by molar-refractivity contribution is 0.0956. The summed E-state index contributed by atoms with van der Waals surface area (Å²) in [5.41, 5.74) is 3.11. The van der Waals surface area contributed by atoms with Crippen molar-refractivity contribution in [1.29, 1.82) is 0 Å². The zero-order valence-corrected chi connectivity index (χ0v) is 12.2. The first kappa shape index (κ1) is 15.0. The Morgan fingerprint density at radius 3 is 2.71 bits per heavy atom. The van der Waals surface area contributed by atoms with Crippen LogP contribution in [-0.4, -0.2) is 12.5 Å². The Morgan fingerprint density at radius 1 is 1.19 bits per heavy atom. The Morgan fingerprint density at radius 2 is 2.00 bits per heavy atom. The molecule has 0 aliphatic carbocycles. The van der Waals surface area contributed by atoms with Crippen LogP contribution < -0.4 is 10.6 Å². The van der Waals surface area contributed by atoms with Gasteiger partial charge in [-0.15, -0.1) is 0 Å². The first-order chi connectivity index (χ1) is 10.1. The van der Waals surface area contributed by atoms with Crippen molar-refractivity contribution in [2.75, 3.05) is 11.9 Å². The third kappa shape index (κ3) is 4.05. The standard InChI is InChI=1S/C17H19FN2O/c1-3-19-17(21)14-5-4-6-15(10-14)20-11-13-7-8-16(18)12(2)9-13/h4-10,20H,3,11H2,1-2H3,(H,19,21). The van der Waals surface area contributed by atoms with Gasteiger partial charge in [-0.2, -0.15) is 0 Å². The number of halogens is 1. The van der Waals surface area contributed by atoms with Gasteiger partial charge in [0.05, 0.1) is 0 Å². The predicted molar refractivity (Wildman–Crippen MR) is 82.9 cm³/mol. The maximum Gasteiger partial charge on any atom is 0.251 e. The molecule has 2 aromatic rings. The molecule has 0 atom stereocenters. The third-order valence-corrected chi connectivity index (χ3v) is 3.18. The molecule has 0 bridgehead atoms. The van der Waals surface area contributed by atoms with Gasteiger partial charge in [-0.05, 0) is 49.2 Å². The number of anilines is 1. The highest BCUT2D eigenvalue weighted by Crippen LogP contribution is 2.14. The van der Waals surface area contributed by atoms with Gasteiger partial charge in [0, 0.05) is 24.3 Å². The molecule has 2 N–H and O–H groups in total. The smallest absolute Gasteiger partial charge is 0.251 e. The number of carbonyl (C=O) groups is 1. The zero-order chi connectivity index (χ0) is 15.2. The van der Waals surface area contributed by atoms with E-state index < -0.39 is 0 Å². The SMILES string of the molecule is CCNC(=O)c1cccc(NCc2ccc(F)c(C)c2)c1. The molecule has 0 aliphatic heterocycles. The number of rotatable bonds is 5. The fourth-order valence-electron chi connectivity index (χ4n) is 2.05. The monoisotopic (exact) mass is 286 g/mol. The number of aryl methyl sites for hydroxylation is 1. The minimum atomic E-state index is -0.197. The van der Waals surface area contributed by atoms with Gasteiger partial charge < -0.3 is 10.6 Å². The Labute approximate surface area is 124 Å². The number of amides is 1. The normalized spacial score (nSPS) is 10.2. The molecule has 0 radical (unpaired) electrons. The van der Waals surface area contributed by atoms with E-state index >= 15 is 0 Å². The maximum absolute atomic E-state index is 13.2. The molecule has 2 aromatic carbocycles. The van der Waals surface area contributed by atoms with Gasteiger partial charge in [0.15, 0.2) is 0 Å². The van der Waals surface area contributed by atoms with Crippen molar-refractivity contribution in [3.05, 3.63) is 65.0 Å². The van der Waals surface area contributed by atoms with Crippen molar-refractivity contribution in [3.63, 3.8) is 0 Å². The molecule has 2 rings (SSSR count). The summed E-state index contributed by atoms with van der Waals surface area (Å²) in [6.45, 7) is 4.82. The van der Waals surface area contributed by atoms with E-state index in [0.717, 1.165) is 11.3 Å². The lowest BCUT2D eigenvalue weighted by atomic mass is 10.1. The van der Waals surface area contributed by atoms with Crippen LogP contribution in [0.2, 0.25) is 0 Å². The number of benzene rings is 2. The summed E-state index contributed by atoms with van der Waals surface area (Å²) in [7, 11) is 0. The van der Waals surface area contributed by atoms with Crippen molar-refractivity contribution in [1.82, 2.24) is 5.32 Å². The molecule has 0 aromatic heterocycles. The van der Waals surface area contributed by atoms with E-state index in [1.165, 1.54) is 6.07 Å². The Bertz CT molecular complexity index is 640. The molecule has 0 saturated carbocycles. The van der Waals surface area contributed by atoms with Crippen molar-refractivity contribution in [2.45, 2.75) is 20.4 Å². The predicted octanol–water partition coefficient (Wildman–Crippen LogP) is 3.50. The number of nitrogens with one attached hydrogen (secondary N) is 2. The Kier molecular flexibility index (Phi) is 4.93. The van der Waals surface area contributed by atoms with E-state index in [9.17, 15) is 9.18 Å². The number of hydrogen-bond donors (Lipinski definition) is 2. The van der Waals surface area contributed by atoms with Crippen LogP contribution in [0.3, 0.4) is 0 Å². The van der Waals surface area contributed by atoms with E-state index in [1.807, 2.05) is 25.1 Å². The lowest BCUT2D eigenvalue weighted by Crippen LogP contribution is -2.22. The Hall–Kier alpha value is -2.36. The van der Waals surface area contributed by atoms with E-state index in [2.05, 4.69) is 10.6 Å². The fourth-order valence-corrected chi connectivity index (χ4v) is 2.05. The molecule has 0 spiro atoms. The van der Waals surface area contributed by atoms with Gasteiger partial charge in [0.2, 0.25) is 0 Å². The topological polar surface area (TPSA) is 41.1 Å². The van der Waals surface area contributed by atoms with Gasteiger partial charge >= 0.3 is 0 Å². The van der Waals surface area contributed by atoms with Crippen LogP contribution in [0.4, 0.5) is 10.1 Å². The summed E-state index contributed by atoms with van der Waals surface area (Å²) in [6.07, 6.45) is 0.